The molecule has 0 spiro atoms. The van der Waals surface area contributed by atoms with Crippen molar-refractivity contribution in [2.75, 3.05) is 5.73 Å². The van der Waals surface area contributed by atoms with Gasteiger partial charge < -0.3 is 5.73 Å². The van der Waals surface area contributed by atoms with Gasteiger partial charge in [0.2, 0.25) is 0 Å². The highest BCUT2D eigenvalue weighted by Crippen LogP contribution is 2.41. The van der Waals surface area contributed by atoms with Crippen molar-refractivity contribution in [3.05, 3.63) is 23.7 Å². The third-order valence-corrected chi connectivity index (χ3v) is 3.74. The van der Waals surface area contributed by atoms with Crippen LogP contribution < -0.4 is 5.73 Å². The van der Waals surface area contributed by atoms with Crippen molar-refractivity contribution >= 4 is 16.5 Å². The highest BCUT2D eigenvalue weighted by atomic mass is 32.1. The Balaban J connectivity index is 2.12. The molecule has 2 N–H and O–H groups in total. The van der Waals surface area contributed by atoms with Crippen molar-refractivity contribution in [3.63, 3.8) is 0 Å². The first kappa shape index (κ1) is 9.71. The van der Waals surface area contributed by atoms with Crippen LogP contribution in [0.4, 0.5) is 5.13 Å². The lowest BCUT2D eigenvalue weighted by Crippen LogP contribution is -2.05. The maximum atomic E-state index is 5.65. The molecule has 0 bridgehead atoms. The molecule has 0 amide bonds. The zero-order valence-corrected chi connectivity index (χ0v) is 9.09. The Morgan fingerprint density at radius 2 is 2.50 bits per heavy atom. The number of nitrogen functional groups attached to an aromatic ring is 1. The van der Waals surface area contributed by atoms with Gasteiger partial charge in [0.1, 0.15) is 0 Å². The van der Waals surface area contributed by atoms with Crippen LogP contribution in [0.3, 0.4) is 0 Å². The summed E-state index contributed by atoms with van der Waals surface area (Å²) in [7, 11) is 0. The molecule has 2 unspecified atom stereocenters. The maximum Gasteiger partial charge on any atom is 0.180 e. The lowest BCUT2D eigenvalue weighted by Gasteiger charge is -2.15. The molecule has 1 aliphatic rings. The van der Waals surface area contributed by atoms with Crippen LogP contribution in [0, 0.1) is 5.92 Å². The normalized spacial score (nSPS) is 26.6. The molecule has 1 saturated carbocycles. The van der Waals surface area contributed by atoms with Crippen molar-refractivity contribution in [3.8, 4) is 0 Å². The second-order valence-corrected chi connectivity index (χ2v) is 4.82. The fourth-order valence-corrected chi connectivity index (χ4v) is 3.02. The van der Waals surface area contributed by atoms with Gasteiger partial charge in [0.15, 0.2) is 5.13 Å². The van der Waals surface area contributed by atoms with Gasteiger partial charge in [-0.05, 0) is 25.2 Å². The number of nitrogens with two attached hydrogens (primary N) is 1. The molecule has 1 aromatic heterocycles. The Morgan fingerprint density at radius 3 is 3.14 bits per heavy atom. The molecule has 1 aliphatic carbocycles. The number of hydrogen-bond donors (Lipinski definition) is 1. The predicted molar refractivity (Wildman–Crippen MR) is 61.4 cm³/mol. The Morgan fingerprint density at radius 1 is 1.64 bits per heavy atom. The SMILES string of the molecule is C=CCC1CCCC1c1csc(N)n1. The van der Waals surface area contributed by atoms with E-state index in [1.54, 1.807) is 11.3 Å². The van der Waals surface area contributed by atoms with Gasteiger partial charge in [-0.15, -0.1) is 17.9 Å². The number of aromatic nitrogens is 1. The van der Waals surface area contributed by atoms with E-state index >= 15 is 0 Å². The van der Waals surface area contributed by atoms with Crippen molar-refractivity contribution in [2.24, 2.45) is 5.92 Å². The predicted octanol–water partition coefficient (Wildman–Crippen LogP) is 3.19. The highest BCUT2D eigenvalue weighted by molar-refractivity contribution is 7.13. The second kappa shape index (κ2) is 4.13. The summed E-state index contributed by atoms with van der Waals surface area (Å²) in [5.74, 6) is 1.37. The molecule has 14 heavy (non-hydrogen) atoms. The van der Waals surface area contributed by atoms with E-state index in [1.165, 1.54) is 25.0 Å². The van der Waals surface area contributed by atoms with Crippen LogP contribution in [-0.2, 0) is 0 Å². The summed E-state index contributed by atoms with van der Waals surface area (Å²) < 4.78 is 0. The Hall–Kier alpha value is -0.830. The molecule has 0 aliphatic heterocycles. The highest BCUT2D eigenvalue weighted by Gasteiger charge is 2.29. The molecule has 1 aromatic rings. The number of allylic oxidation sites excluding steroid dienone is 1. The van der Waals surface area contributed by atoms with E-state index in [-0.39, 0.29) is 0 Å². The van der Waals surface area contributed by atoms with Crippen molar-refractivity contribution in [1.29, 1.82) is 0 Å². The molecule has 2 nitrogen and oxygen atoms in total. The smallest absolute Gasteiger partial charge is 0.180 e. The number of thiazole rings is 1. The Labute approximate surface area is 88.9 Å². The van der Waals surface area contributed by atoms with Gasteiger partial charge in [-0.25, -0.2) is 4.98 Å². The van der Waals surface area contributed by atoms with E-state index in [0.29, 0.717) is 11.0 Å². The molecule has 3 heteroatoms. The van der Waals surface area contributed by atoms with Crippen LogP contribution >= 0.6 is 11.3 Å². The Bertz CT molecular complexity index is 319. The maximum absolute atomic E-state index is 5.65. The summed E-state index contributed by atoms with van der Waals surface area (Å²) in [6.07, 6.45) is 7.04. The quantitative estimate of drug-likeness (QED) is 0.775. The number of nitrogens with zero attached hydrogens (tertiary/aromatic N) is 1. The number of anilines is 1. The fraction of sp³-hybridized carbons (Fsp3) is 0.545. The van der Waals surface area contributed by atoms with Gasteiger partial charge in [0.05, 0.1) is 5.69 Å². The molecule has 1 heterocycles. The minimum absolute atomic E-state index is 0.626. The minimum atomic E-state index is 0.626. The zero-order chi connectivity index (χ0) is 9.97. The monoisotopic (exact) mass is 208 g/mol. The second-order valence-electron chi connectivity index (χ2n) is 3.93. The third-order valence-electron chi connectivity index (χ3n) is 3.05. The van der Waals surface area contributed by atoms with E-state index in [4.69, 9.17) is 5.73 Å². The first-order valence-electron chi connectivity index (χ1n) is 5.13. The third kappa shape index (κ3) is 1.82. The topological polar surface area (TPSA) is 38.9 Å². The molecule has 0 saturated heterocycles. The molecule has 0 aromatic carbocycles. The zero-order valence-electron chi connectivity index (χ0n) is 8.28. The van der Waals surface area contributed by atoms with Crippen LogP contribution in [0.25, 0.3) is 0 Å². The van der Waals surface area contributed by atoms with Gasteiger partial charge in [-0.2, -0.15) is 0 Å². The number of rotatable bonds is 3. The van der Waals surface area contributed by atoms with Gasteiger partial charge in [-0.3, -0.25) is 0 Å². The van der Waals surface area contributed by atoms with E-state index in [1.807, 2.05) is 6.08 Å². The van der Waals surface area contributed by atoms with E-state index in [2.05, 4.69) is 16.9 Å². The molecular weight excluding hydrogens is 192 g/mol. The molecule has 2 atom stereocenters. The first-order chi connectivity index (χ1) is 6.81. The van der Waals surface area contributed by atoms with Crippen LogP contribution in [-0.4, -0.2) is 4.98 Å². The lowest BCUT2D eigenvalue weighted by molar-refractivity contribution is 0.484. The summed E-state index contributed by atoms with van der Waals surface area (Å²) in [6, 6.07) is 0. The molecular formula is C11H16N2S. The lowest BCUT2D eigenvalue weighted by atomic mass is 9.91. The van der Waals surface area contributed by atoms with E-state index in [9.17, 15) is 0 Å². The molecule has 0 radical (unpaired) electrons. The summed E-state index contributed by atoms with van der Waals surface area (Å²) in [5, 5.41) is 2.81. The summed E-state index contributed by atoms with van der Waals surface area (Å²) in [6.45, 7) is 3.81. The van der Waals surface area contributed by atoms with Crippen molar-refractivity contribution in [1.82, 2.24) is 4.98 Å². The Kier molecular flexibility index (Phi) is 2.87. The van der Waals surface area contributed by atoms with Crippen molar-refractivity contribution in [2.45, 2.75) is 31.6 Å². The van der Waals surface area contributed by atoms with Crippen LogP contribution in [0.15, 0.2) is 18.0 Å². The van der Waals surface area contributed by atoms with Crippen LogP contribution in [0.2, 0.25) is 0 Å². The summed E-state index contributed by atoms with van der Waals surface area (Å²) >= 11 is 1.55. The summed E-state index contributed by atoms with van der Waals surface area (Å²) in [4.78, 5) is 4.39. The minimum Gasteiger partial charge on any atom is -0.375 e. The average Bonchev–Trinajstić information content (AvgIpc) is 2.74. The van der Waals surface area contributed by atoms with E-state index in [0.717, 1.165) is 12.3 Å². The average molecular weight is 208 g/mol. The largest absolute Gasteiger partial charge is 0.375 e. The van der Waals surface area contributed by atoms with Gasteiger partial charge >= 0.3 is 0 Å². The van der Waals surface area contributed by atoms with Gasteiger partial charge in [0, 0.05) is 11.3 Å². The van der Waals surface area contributed by atoms with Gasteiger partial charge in [0.25, 0.3) is 0 Å². The fourth-order valence-electron chi connectivity index (χ4n) is 2.39. The standard InChI is InChI=1S/C11H16N2S/c1-2-4-8-5-3-6-9(8)10-7-14-11(12)13-10/h2,7-9H,1,3-6H2,(H2,12,13). The molecule has 2 rings (SSSR count). The number of hydrogen-bond acceptors (Lipinski definition) is 3. The van der Waals surface area contributed by atoms with E-state index < -0.39 is 0 Å². The molecule has 1 fully saturated rings. The van der Waals surface area contributed by atoms with Crippen molar-refractivity contribution < 1.29 is 0 Å². The first-order valence-corrected chi connectivity index (χ1v) is 6.01. The van der Waals surface area contributed by atoms with Gasteiger partial charge in [-0.1, -0.05) is 12.5 Å². The van der Waals surface area contributed by atoms with Crippen LogP contribution in [0.5, 0.6) is 0 Å². The summed E-state index contributed by atoms with van der Waals surface area (Å²) in [5.41, 5.74) is 6.86. The molecule has 76 valence electrons. The van der Waals surface area contributed by atoms with Crippen LogP contribution in [0.1, 0.15) is 37.3 Å².